The van der Waals surface area contributed by atoms with Crippen LogP contribution in [0.25, 0.3) is 44.5 Å². The lowest BCUT2D eigenvalue weighted by Gasteiger charge is -2.41. The normalized spacial score (nSPS) is 12.8. The summed E-state index contributed by atoms with van der Waals surface area (Å²) in [4.78, 5) is 2.39. The highest BCUT2D eigenvalue weighted by Crippen LogP contribution is 2.64. The third-order valence-electron chi connectivity index (χ3n) is 11.8. The number of anilines is 3. The molecule has 1 aliphatic heterocycles. The molecule has 0 aromatic heterocycles. The van der Waals surface area contributed by atoms with Gasteiger partial charge in [-0.1, -0.05) is 194 Å². The van der Waals surface area contributed by atoms with Gasteiger partial charge < -0.3 is 9.64 Å². The van der Waals surface area contributed by atoms with Gasteiger partial charge in [-0.25, -0.2) is 0 Å². The Balaban J connectivity index is 1.12. The van der Waals surface area contributed by atoms with Crippen LogP contribution in [0.5, 0.6) is 11.5 Å². The highest BCUT2D eigenvalue weighted by atomic mass is 16.5. The first kappa shape index (κ1) is 33.0. The van der Waals surface area contributed by atoms with Crippen LogP contribution < -0.4 is 9.64 Å². The zero-order valence-electron chi connectivity index (χ0n) is 31.2. The molecule has 0 unspecified atom stereocenters. The fourth-order valence-electron chi connectivity index (χ4n) is 9.27. The molecule has 1 aliphatic carbocycles. The Bertz CT molecular complexity index is 2870. The first-order chi connectivity index (χ1) is 28.3. The molecule has 0 amide bonds. The summed E-state index contributed by atoms with van der Waals surface area (Å²) in [6.45, 7) is 0. The van der Waals surface area contributed by atoms with Crippen LogP contribution in [0.2, 0.25) is 0 Å². The van der Waals surface area contributed by atoms with E-state index in [-0.39, 0.29) is 0 Å². The van der Waals surface area contributed by atoms with Gasteiger partial charge in [0.05, 0.1) is 16.8 Å². The summed E-state index contributed by atoms with van der Waals surface area (Å²) >= 11 is 0. The summed E-state index contributed by atoms with van der Waals surface area (Å²) in [6, 6.07) is 80.8. The van der Waals surface area contributed by atoms with Gasteiger partial charge in [0.15, 0.2) is 5.75 Å². The first-order valence-electron chi connectivity index (χ1n) is 19.6. The predicted molar refractivity (Wildman–Crippen MR) is 235 cm³/mol. The van der Waals surface area contributed by atoms with Gasteiger partial charge >= 0.3 is 0 Å². The molecule has 268 valence electrons. The lowest BCUT2D eigenvalue weighted by atomic mass is 9.66. The number of rotatable bonds is 6. The monoisotopic (exact) mass is 727 g/mol. The van der Waals surface area contributed by atoms with Crippen LogP contribution in [0, 0.1) is 0 Å². The van der Waals surface area contributed by atoms with Crippen molar-refractivity contribution in [3.8, 4) is 56.0 Å². The maximum absolute atomic E-state index is 7.19. The number of hydrogen-bond donors (Lipinski definition) is 0. The Morgan fingerprint density at radius 3 is 1.37 bits per heavy atom. The second kappa shape index (κ2) is 13.4. The summed E-state index contributed by atoms with van der Waals surface area (Å²) in [6.07, 6.45) is 0. The molecule has 2 heteroatoms. The SMILES string of the molecule is c1ccc(-c2ccc(-c3ccc(N(c4ccccc4-c4ccccc4)c4cccc5c4Oc4ccccc4C54c5ccccc5-c5ccccc54)cc3)cc2)cc1. The van der Waals surface area contributed by atoms with Gasteiger partial charge in [0.1, 0.15) is 5.75 Å². The molecule has 11 rings (SSSR count). The topological polar surface area (TPSA) is 12.5 Å². The molecule has 0 N–H and O–H groups in total. The van der Waals surface area contributed by atoms with Crippen molar-refractivity contribution in [2.45, 2.75) is 5.41 Å². The highest BCUT2D eigenvalue weighted by molar-refractivity contribution is 5.94. The van der Waals surface area contributed by atoms with Crippen LogP contribution in [0.3, 0.4) is 0 Å². The van der Waals surface area contributed by atoms with E-state index >= 15 is 0 Å². The van der Waals surface area contributed by atoms with E-state index in [2.05, 4.69) is 229 Å². The molecule has 2 nitrogen and oxygen atoms in total. The highest BCUT2D eigenvalue weighted by Gasteiger charge is 2.51. The van der Waals surface area contributed by atoms with Crippen molar-refractivity contribution in [2.24, 2.45) is 0 Å². The minimum absolute atomic E-state index is 0.562. The second-order valence-corrected chi connectivity index (χ2v) is 14.8. The van der Waals surface area contributed by atoms with E-state index in [0.29, 0.717) is 0 Å². The van der Waals surface area contributed by atoms with Gasteiger partial charge in [-0.2, -0.15) is 0 Å². The molecule has 2 aliphatic rings. The number of fused-ring (bicyclic) bond motifs is 9. The smallest absolute Gasteiger partial charge is 0.156 e. The Hall–Kier alpha value is -7.42. The van der Waals surface area contributed by atoms with Crippen LogP contribution >= 0.6 is 0 Å². The van der Waals surface area contributed by atoms with Crippen molar-refractivity contribution >= 4 is 17.1 Å². The van der Waals surface area contributed by atoms with E-state index in [1.54, 1.807) is 0 Å². The van der Waals surface area contributed by atoms with Gasteiger partial charge in [0, 0.05) is 22.4 Å². The van der Waals surface area contributed by atoms with Crippen LogP contribution in [0.15, 0.2) is 224 Å². The Morgan fingerprint density at radius 1 is 0.298 bits per heavy atom. The maximum atomic E-state index is 7.19. The summed E-state index contributed by atoms with van der Waals surface area (Å²) < 4.78 is 7.19. The molecule has 0 radical (unpaired) electrons. The fourth-order valence-corrected chi connectivity index (χ4v) is 9.27. The zero-order valence-corrected chi connectivity index (χ0v) is 31.2. The average Bonchev–Trinajstić information content (AvgIpc) is 3.58. The van der Waals surface area contributed by atoms with Crippen LogP contribution in [0.1, 0.15) is 22.3 Å². The summed E-state index contributed by atoms with van der Waals surface area (Å²) in [5.41, 5.74) is 17.0. The molecule has 0 fully saturated rings. The Labute approximate surface area is 333 Å². The van der Waals surface area contributed by atoms with Gasteiger partial charge in [-0.15, -0.1) is 0 Å². The molecular weight excluding hydrogens is 691 g/mol. The Kier molecular flexibility index (Phi) is 7.75. The van der Waals surface area contributed by atoms with Gasteiger partial charge in [-0.3, -0.25) is 0 Å². The Morgan fingerprint density at radius 2 is 0.737 bits per heavy atom. The quantitative estimate of drug-likeness (QED) is 0.169. The van der Waals surface area contributed by atoms with Crippen molar-refractivity contribution in [1.82, 2.24) is 0 Å². The number of benzene rings is 9. The molecule has 1 spiro atoms. The molecule has 0 bridgehead atoms. The number of para-hydroxylation sites is 3. The average molecular weight is 728 g/mol. The van der Waals surface area contributed by atoms with E-state index in [9.17, 15) is 0 Å². The van der Waals surface area contributed by atoms with Gasteiger partial charge in [0.25, 0.3) is 0 Å². The summed E-state index contributed by atoms with van der Waals surface area (Å²) in [7, 11) is 0. The summed E-state index contributed by atoms with van der Waals surface area (Å²) in [5.74, 6) is 1.72. The third kappa shape index (κ3) is 5.18. The maximum Gasteiger partial charge on any atom is 0.156 e. The largest absolute Gasteiger partial charge is 0.454 e. The van der Waals surface area contributed by atoms with Gasteiger partial charge in [0.2, 0.25) is 0 Å². The molecule has 0 saturated heterocycles. The molecular formula is C55H37NO. The minimum Gasteiger partial charge on any atom is -0.454 e. The molecule has 0 saturated carbocycles. The lowest BCUT2D eigenvalue weighted by molar-refractivity contribution is 0.437. The molecule has 1 heterocycles. The first-order valence-corrected chi connectivity index (χ1v) is 19.6. The van der Waals surface area contributed by atoms with E-state index in [1.807, 2.05) is 0 Å². The third-order valence-corrected chi connectivity index (χ3v) is 11.8. The second-order valence-electron chi connectivity index (χ2n) is 14.8. The number of hydrogen-bond acceptors (Lipinski definition) is 2. The van der Waals surface area contributed by atoms with Crippen LogP contribution in [-0.4, -0.2) is 0 Å². The minimum atomic E-state index is -0.562. The van der Waals surface area contributed by atoms with E-state index in [1.165, 1.54) is 38.9 Å². The predicted octanol–water partition coefficient (Wildman–Crippen LogP) is 14.6. The lowest BCUT2D eigenvalue weighted by Crippen LogP contribution is -2.32. The molecule has 9 aromatic rings. The standard InChI is InChI=1S/C55H37NO/c1-3-16-38(17-4-1)39-30-32-40(33-31-39)41-34-36-43(37-35-41)56(51-27-13-9-20-44(51)42-18-5-2-6-19-42)52-28-15-26-50-54(52)57-53-29-14-12-25-49(53)55(50)47-23-10-7-21-45(47)46-22-8-11-24-48(46)55/h1-37H. The number of nitrogens with zero attached hydrogens (tertiary/aromatic N) is 1. The fraction of sp³-hybridized carbons (Fsp3) is 0.0182. The molecule has 9 aromatic carbocycles. The zero-order chi connectivity index (χ0) is 37.8. The van der Waals surface area contributed by atoms with E-state index in [0.717, 1.165) is 56.4 Å². The van der Waals surface area contributed by atoms with Crippen LogP contribution in [0.4, 0.5) is 17.1 Å². The van der Waals surface area contributed by atoms with Crippen molar-refractivity contribution < 1.29 is 4.74 Å². The van der Waals surface area contributed by atoms with Crippen molar-refractivity contribution in [3.05, 3.63) is 247 Å². The molecule has 0 atom stereocenters. The van der Waals surface area contributed by atoms with Gasteiger partial charge in [-0.05, 0) is 80.4 Å². The van der Waals surface area contributed by atoms with E-state index < -0.39 is 5.41 Å². The summed E-state index contributed by atoms with van der Waals surface area (Å²) in [5, 5.41) is 0. The van der Waals surface area contributed by atoms with Crippen molar-refractivity contribution in [2.75, 3.05) is 4.90 Å². The number of ether oxygens (including phenoxy) is 1. The van der Waals surface area contributed by atoms with Crippen molar-refractivity contribution in [3.63, 3.8) is 0 Å². The molecule has 57 heavy (non-hydrogen) atoms. The van der Waals surface area contributed by atoms with Crippen LogP contribution in [-0.2, 0) is 5.41 Å². The van der Waals surface area contributed by atoms with Crippen molar-refractivity contribution in [1.29, 1.82) is 0 Å². The van der Waals surface area contributed by atoms with E-state index in [4.69, 9.17) is 4.74 Å².